The molecule has 3 aromatic rings. The van der Waals surface area contributed by atoms with Crippen molar-refractivity contribution in [3.8, 4) is 17.6 Å². The number of allylic oxidation sites excluding steroid dienone is 1. The lowest BCUT2D eigenvalue weighted by Gasteiger charge is -2.12. The van der Waals surface area contributed by atoms with E-state index in [1.165, 1.54) is 25.6 Å². The zero-order chi connectivity index (χ0) is 17.1. The summed E-state index contributed by atoms with van der Waals surface area (Å²) in [6.45, 7) is 0. The highest BCUT2D eigenvalue weighted by Gasteiger charge is 2.21. The van der Waals surface area contributed by atoms with Gasteiger partial charge in [0.25, 0.3) is 0 Å². The van der Waals surface area contributed by atoms with Crippen LogP contribution in [0.5, 0.6) is 11.5 Å². The second-order valence-electron chi connectivity index (χ2n) is 4.86. The van der Waals surface area contributed by atoms with Gasteiger partial charge in [-0.15, -0.1) is 11.3 Å². The van der Waals surface area contributed by atoms with Crippen LogP contribution in [0.15, 0.2) is 42.5 Å². The molecular weight excluding hydrogens is 324 g/mol. The van der Waals surface area contributed by atoms with Crippen molar-refractivity contribution < 1.29 is 14.6 Å². The molecule has 5 nitrogen and oxygen atoms in total. The number of nitrogens with zero attached hydrogens (tertiary/aromatic N) is 2. The second kappa shape index (κ2) is 6.60. The van der Waals surface area contributed by atoms with Gasteiger partial charge in [-0.25, -0.2) is 4.98 Å². The number of rotatable bonds is 4. The molecule has 1 aromatic heterocycles. The van der Waals surface area contributed by atoms with Crippen molar-refractivity contribution in [2.75, 3.05) is 14.2 Å². The maximum atomic E-state index is 10.7. The number of para-hydroxylation sites is 1. The minimum atomic E-state index is -0.217. The predicted molar refractivity (Wildman–Crippen MR) is 94.2 cm³/mol. The van der Waals surface area contributed by atoms with Crippen LogP contribution in [0.25, 0.3) is 21.5 Å². The van der Waals surface area contributed by atoms with Gasteiger partial charge in [-0.2, -0.15) is 5.26 Å². The lowest BCUT2D eigenvalue weighted by atomic mass is 10.1. The molecule has 0 aliphatic rings. The van der Waals surface area contributed by atoms with Crippen LogP contribution in [0.3, 0.4) is 0 Å². The first kappa shape index (κ1) is 15.8. The molecule has 120 valence electrons. The summed E-state index contributed by atoms with van der Waals surface area (Å²) >= 11 is 1.35. The van der Waals surface area contributed by atoms with Crippen molar-refractivity contribution in [1.82, 2.24) is 4.98 Å². The molecule has 0 fully saturated rings. The molecule has 2 aromatic carbocycles. The van der Waals surface area contributed by atoms with E-state index in [9.17, 15) is 10.4 Å². The predicted octanol–water partition coefficient (Wildman–Crippen LogP) is 4.26. The zero-order valence-electron chi connectivity index (χ0n) is 13.1. The minimum absolute atomic E-state index is 0.0824. The van der Waals surface area contributed by atoms with Crippen molar-refractivity contribution in [1.29, 1.82) is 5.26 Å². The number of hydrogen-bond donors (Lipinski definition) is 1. The summed E-state index contributed by atoms with van der Waals surface area (Å²) in [7, 11) is 2.99. The van der Waals surface area contributed by atoms with Crippen molar-refractivity contribution in [2.45, 2.75) is 0 Å². The molecule has 0 amide bonds. The van der Waals surface area contributed by atoms with Gasteiger partial charge < -0.3 is 14.6 Å². The van der Waals surface area contributed by atoms with Crippen LogP contribution < -0.4 is 9.47 Å². The number of methoxy groups -OCH3 is 2. The maximum Gasteiger partial charge on any atom is 0.151 e. The van der Waals surface area contributed by atoms with Gasteiger partial charge in [0.2, 0.25) is 0 Å². The van der Waals surface area contributed by atoms with E-state index in [2.05, 4.69) is 4.98 Å². The Bertz CT molecular complexity index is 915. The lowest BCUT2D eigenvalue weighted by Crippen LogP contribution is -1.98. The van der Waals surface area contributed by atoms with Crippen LogP contribution in [0.4, 0.5) is 0 Å². The van der Waals surface area contributed by atoms with Gasteiger partial charge in [-0.3, -0.25) is 0 Å². The van der Waals surface area contributed by atoms with E-state index in [0.29, 0.717) is 22.1 Å². The van der Waals surface area contributed by atoms with Crippen molar-refractivity contribution >= 4 is 32.9 Å². The minimum Gasteiger partial charge on any atom is -0.506 e. The van der Waals surface area contributed by atoms with E-state index in [0.717, 1.165) is 10.2 Å². The van der Waals surface area contributed by atoms with E-state index in [-0.39, 0.29) is 11.3 Å². The summed E-state index contributed by atoms with van der Waals surface area (Å²) in [4.78, 5) is 4.44. The second-order valence-corrected chi connectivity index (χ2v) is 5.89. The molecule has 0 unspecified atom stereocenters. The van der Waals surface area contributed by atoms with E-state index in [1.54, 1.807) is 18.2 Å². The third kappa shape index (κ3) is 2.66. The lowest BCUT2D eigenvalue weighted by molar-refractivity contribution is 0.385. The summed E-state index contributed by atoms with van der Waals surface area (Å²) < 4.78 is 11.5. The van der Waals surface area contributed by atoms with Crippen molar-refractivity contribution in [3.63, 3.8) is 0 Å². The number of ether oxygens (including phenoxy) is 2. The number of thiazole rings is 1. The molecule has 6 heteroatoms. The van der Waals surface area contributed by atoms with E-state index >= 15 is 0 Å². The van der Waals surface area contributed by atoms with Gasteiger partial charge in [0.05, 0.1) is 24.4 Å². The number of fused-ring (bicyclic) bond motifs is 1. The first-order valence-corrected chi connectivity index (χ1v) is 7.92. The normalized spacial score (nSPS) is 11.7. The van der Waals surface area contributed by atoms with E-state index < -0.39 is 0 Å². The van der Waals surface area contributed by atoms with Crippen molar-refractivity contribution in [3.05, 3.63) is 53.0 Å². The number of aliphatic hydroxyl groups excluding tert-OH is 1. The molecule has 1 heterocycles. The van der Waals surface area contributed by atoms with E-state index in [4.69, 9.17) is 9.47 Å². The van der Waals surface area contributed by atoms with Crippen LogP contribution in [-0.4, -0.2) is 24.3 Å². The monoisotopic (exact) mass is 338 g/mol. The van der Waals surface area contributed by atoms with E-state index in [1.807, 2.05) is 30.3 Å². The Morgan fingerprint density at radius 2 is 1.75 bits per heavy atom. The molecule has 0 bridgehead atoms. The molecule has 0 aliphatic carbocycles. The van der Waals surface area contributed by atoms with Gasteiger partial charge in [-0.05, 0) is 24.3 Å². The molecular formula is C18H14N2O3S. The third-order valence-electron chi connectivity index (χ3n) is 3.52. The Kier molecular flexibility index (Phi) is 4.36. The first-order chi connectivity index (χ1) is 11.7. The Labute approximate surface area is 143 Å². The largest absolute Gasteiger partial charge is 0.506 e. The standard InChI is InChI=1S/C18H14N2O3S/c1-22-13-7-5-8-14(23-2)16(13)17(21)11(10-19)18-20-12-6-3-4-9-15(12)24-18/h3-9,21H,1-2H3/b17-11+. The molecule has 3 rings (SSSR count). The molecule has 0 saturated heterocycles. The molecule has 0 spiro atoms. The average molecular weight is 338 g/mol. The summed E-state index contributed by atoms with van der Waals surface area (Å²) in [5.74, 6) is 0.618. The summed E-state index contributed by atoms with van der Waals surface area (Å²) in [6.07, 6.45) is 0. The summed E-state index contributed by atoms with van der Waals surface area (Å²) in [6, 6.07) is 14.8. The number of nitriles is 1. The highest BCUT2D eigenvalue weighted by molar-refractivity contribution is 7.19. The summed E-state index contributed by atoms with van der Waals surface area (Å²) in [5, 5.41) is 20.8. The Balaban J connectivity index is 2.24. The Morgan fingerprint density at radius 3 is 2.33 bits per heavy atom. The molecule has 0 saturated carbocycles. The van der Waals surface area contributed by atoms with Gasteiger partial charge in [-0.1, -0.05) is 18.2 Å². The zero-order valence-corrected chi connectivity index (χ0v) is 13.9. The number of benzene rings is 2. The SMILES string of the molecule is COc1cccc(OC)c1/C(O)=C(/C#N)c1nc2ccccc2s1. The van der Waals surface area contributed by atoms with Crippen LogP contribution in [0.2, 0.25) is 0 Å². The highest BCUT2D eigenvalue weighted by atomic mass is 32.1. The van der Waals surface area contributed by atoms with Crippen LogP contribution in [0, 0.1) is 11.3 Å². The van der Waals surface area contributed by atoms with Crippen LogP contribution in [-0.2, 0) is 0 Å². The van der Waals surface area contributed by atoms with Crippen LogP contribution in [0.1, 0.15) is 10.6 Å². The fourth-order valence-corrected chi connectivity index (χ4v) is 3.35. The third-order valence-corrected chi connectivity index (χ3v) is 4.57. The molecule has 24 heavy (non-hydrogen) atoms. The average Bonchev–Trinajstić information content (AvgIpc) is 3.04. The quantitative estimate of drug-likeness (QED) is 0.568. The molecule has 0 radical (unpaired) electrons. The molecule has 0 aliphatic heterocycles. The number of aliphatic hydroxyl groups is 1. The van der Waals surface area contributed by atoms with Gasteiger partial charge in [0.1, 0.15) is 33.7 Å². The Hall–Kier alpha value is -3.04. The molecule has 0 atom stereocenters. The topological polar surface area (TPSA) is 75.4 Å². The summed E-state index contributed by atoms with van der Waals surface area (Å²) in [5.41, 5.74) is 1.20. The number of hydrogen-bond acceptors (Lipinski definition) is 6. The fraction of sp³-hybridized carbons (Fsp3) is 0.111. The smallest absolute Gasteiger partial charge is 0.151 e. The highest BCUT2D eigenvalue weighted by Crippen LogP contribution is 2.38. The Morgan fingerprint density at radius 1 is 1.08 bits per heavy atom. The van der Waals surface area contributed by atoms with Crippen LogP contribution >= 0.6 is 11.3 Å². The van der Waals surface area contributed by atoms with Gasteiger partial charge in [0.15, 0.2) is 5.76 Å². The van der Waals surface area contributed by atoms with Gasteiger partial charge in [0, 0.05) is 0 Å². The number of aromatic nitrogens is 1. The van der Waals surface area contributed by atoms with Crippen molar-refractivity contribution in [2.24, 2.45) is 0 Å². The molecule has 1 N–H and O–H groups in total. The van der Waals surface area contributed by atoms with Gasteiger partial charge >= 0.3 is 0 Å². The fourth-order valence-electron chi connectivity index (χ4n) is 2.39. The maximum absolute atomic E-state index is 10.7. The first-order valence-electron chi connectivity index (χ1n) is 7.10.